The molecule has 0 aliphatic heterocycles. The normalized spacial score (nSPS) is 24.2. The van der Waals surface area contributed by atoms with Gasteiger partial charge in [0.25, 0.3) is 0 Å². The van der Waals surface area contributed by atoms with Crippen molar-refractivity contribution in [2.24, 2.45) is 53.3 Å². The number of halogens is 2. The lowest BCUT2D eigenvalue weighted by Gasteiger charge is -2.37. The number of aryl methyl sites for hydroxylation is 2. The molecule has 6 bridgehead atoms. The van der Waals surface area contributed by atoms with Gasteiger partial charge in [-0.05, 0) is 266 Å². The van der Waals surface area contributed by atoms with Crippen LogP contribution in [0.2, 0.25) is 0 Å². The van der Waals surface area contributed by atoms with Crippen molar-refractivity contribution in [1.82, 2.24) is 0 Å². The summed E-state index contributed by atoms with van der Waals surface area (Å²) >= 11 is 0. The Morgan fingerprint density at radius 3 is 1.52 bits per heavy atom. The highest BCUT2D eigenvalue weighted by Crippen LogP contribution is 2.54. The zero-order valence-corrected chi connectivity index (χ0v) is 48.7. The molecular weight excluding hydrogens is 1080 g/mol. The molecule has 0 radical (unpaired) electrons. The molecule has 434 valence electrons. The summed E-state index contributed by atoms with van der Waals surface area (Å²) in [5.41, 5.74) is 7.16. The lowest BCUT2D eigenvalue weighted by molar-refractivity contribution is 0.103. The SMILES string of the molecule is O=C(c1ccc(F)cc1)c1ccc(-c2ccc(-c3ccc(C(=O)c4ccc(F)cc4)cc3)c(C(=O)c3ccc(Oc4ccc5cc(CCC6CC7CCC6C7)cc(S(=O)(O)(O)CC6CC7CCC6C7)c5c4)c(CCC4CC5CCC4C5)c3)c2)cc1. The zero-order valence-electron chi connectivity index (χ0n) is 47.9. The third kappa shape index (κ3) is 11.3. The molecule has 0 aromatic heterocycles. The second-order valence-electron chi connectivity index (χ2n) is 26.4. The van der Waals surface area contributed by atoms with Crippen molar-refractivity contribution in [3.05, 3.63) is 220 Å². The Bertz CT molecular complexity index is 3980. The van der Waals surface area contributed by atoms with Crippen molar-refractivity contribution < 1.29 is 41.2 Å². The highest BCUT2D eigenvalue weighted by Gasteiger charge is 2.47. The third-order valence-corrected chi connectivity index (χ3v) is 23.4. The van der Waals surface area contributed by atoms with Gasteiger partial charge in [-0.25, -0.2) is 13.0 Å². The van der Waals surface area contributed by atoms with Crippen LogP contribution in [0.15, 0.2) is 169 Å². The maximum Gasteiger partial charge on any atom is 0.193 e. The van der Waals surface area contributed by atoms with Crippen LogP contribution >= 0.6 is 0 Å². The Kier molecular flexibility index (Phi) is 14.6. The van der Waals surface area contributed by atoms with Crippen LogP contribution in [-0.4, -0.2) is 36.4 Å². The van der Waals surface area contributed by atoms with Crippen LogP contribution in [0.5, 0.6) is 11.5 Å². The van der Waals surface area contributed by atoms with E-state index in [1.54, 1.807) is 30.3 Å². The Hall–Kier alpha value is -7.24. The molecule has 6 aliphatic carbocycles. The summed E-state index contributed by atoms with van der Waals surface area (Å²) in [7, 11) is -5.34. The summed E-state index contributed by atoms with van der Waals surface area (Å²) in [6.45, 7) is 0. The summed E-state index contributed by atoms with van der Waals surface area (Å²) in [6, 6.07) is 46.1. The molecular formula is C75H72F2O7S. The number of hydrogen-bond donors (Lipinski definition) is 2. The van der Waals surface area contributed by atoms with Gasteiger partial charge in [0, 0.05) is 38.8 Å². The fourth-order valence-corrected chi connectivity index (χ4v) is 19.1. The number of rotatable bonds is 19. The predicted octanol–water partition coefficient (Wildman–Crippen LogP) is 18.2. The minimum Gasteiger partial charge on any atom is -0.457 e. The molecule has 9 atom stereocenters. The first-order valence-corrected chi connectivity index (χ1v) is 33.2. The second-order valence-corrected chi connectivity index (χ2v) is 29.2. The summed E-state index contributed by atoms with van der Waals surface area (Å²) in [5.74, 6) is 4.50. The Morgan fingerprint density at radius 2 is 0.976 bits per heavy atom. The van der Waals surface area contributed by atoms with Crippen LogP contribution in [0.4, 0.5) is 8.78 Å². The van der Waals surface area contributed by atoms with Gasteiger partial charge in [-0.3, -0.25) is 14.4 Å². The number of ketones is 3. The quantitative estimate of drug-likeness (QED) is 0.0774. The summed E-state index contributed by atoms with van der Waals surface area (Å²) < 4.78 is 74.4. The number of hydrogen-bond acceptors (Lipinski definition) is 5. The van der Waals surface area contributed by atoms with Crippen molar-refractivity contribution in [2.45, 2.75) is 108 Å². The first kappa shape index (κ1) is 55.6. The minimum absolute atomic E-state index is 0.0123. The molecule has 8 aromatic rings. The van der Waals surface area contributed by atoms with Gasteiger partial charge in [0.1, 0.15) is 32.8 Å². The Morgan fingerprint density at radius 1 is 0.471 bits per heavy atom. The Labute approximate surface area is 496 Å². The zero-order chi connectivity index (χ0) is 58.2. The van der Waals surface area contributed by atoms with E-state index >= 15 is 9.00 Å². The van der Waals surface area contributed by atoms with Gasteiger partial charge >= 0.3 is 0 Å². The molecule has 9 unspecified atom stereocenters. The van der Waals surface area contributed by atoms with Crippen molar-refractivity contribution in [3.63, 3.8) is 0 Å². The maximum absolute atomic E-state index is 15.5. The van der Waals surface area contributed by atoms with E-state index < -0.39 is 21.3 Å². The minimum atomic E-state index is -5.34. The first-order chi connectivity index (χ1) is 41.1. The molecule has 6 aliphatic rings. The monoisotopic (exact) mass is 1150 g/mol. The molecule has 2 N–H and O–H groups in total. The van der Waals surface area contributed by atoms with Crippen molar-refractivity contribution >= 4 is 37.7 Å². The number of carbonyl (C=O) groups excluding carboxylic acids is 3. The summed E-state index contributed by atoms with van der Waals surface area (Å²) in [6.07, 6.45) is 17.8. The van der Waals surface area contributed by atoms with Gasteiger partial charge in [-0.1, -0.05) is 92.1 Å². The summed E-state index contributed by atoms with van der Waals surface area (Å²) in [5, 5.41) is 1.30. The van der Waals surface area contributed by atoms with Crippen LogP contribution in [0.3, 0.4) is 0 Å². The third-order valence-electron chi connectivity index (χ3n) is 21.1. The van der Waals surface area contributed by atoms with Crippen LogP contribution in [0.1, 0.15) is 149 Å². The average Bonchev–Trinajstić information content (AvgIpc) is 1.88. The highest BCUT2D eigenvalue weighted by atomic mass is 32.3. The lowest BCUT2D eigenvalue weighted by Crippen LogP contribution is -2.40. The van der Waals surface area contributed by atoms with E-state index in [4.69, 9.17) is 4.74 Å². The van der Waals surface area contributed by atoms with Gasteiger partial charge in [-0.15, -0.1) is 0 Å². The average molecular weight is 1160 g/mol. The van der Waals surface area contributed by atoms with Gasteiger partial charge in [0.2, 0.25) is 0 Å². The topological polar surface area (TPSA) is 118 Å². The molecule has 6 saturated carbocycles. The summed E-state index contributed by atoms with van der Waals surface area (Å²) in [4.78, 5) is 42.5. The number of fused-ring (bicyclic) bond motifs is 7. The standard InChI is InChI=1S/C75H72F2O7S/c76-65-26-19-53(20-27-65)73(78)51-13-9-49(10-14-51)60-24-31-68(50-11-15-52(16-12-50)74(79)54-21-28-66(77)29-22-54)70(42-60)75(80)63-25-32-71(62(41-63)18-17-58-36-46-2-6-57(58)35-46)84-67-30-23-61-38-48(4-7-56-34-45-1-5-55(56)33-45)40-72(69(61)43-67)85(81,82,83)44-64-39-47-3-8-59(64)37-47/h9-16,19-32,38,40-43,45-47,55-59,64H,1-8,17-18,33-37,39,44H2,(H2,81,82,83). The van der Waals surface area contributed by atoms with Crippen LogP contribution in [-0.2, 0) is 22.5 Å². The van der Waals surface area contributed by atoms with Gasteiger partial charge in [0.15, 0.2) is 17.3 Å². The van der Waals surface area contributed by atoms with Crippen LogP contribution < -0.4 is 4.74 Å². The molecule has 14 rings (SSSR count). The molecule has 8 aromatic carbocycles. The van der Waals surface area contributed by atoms with Gasteiger partial charge in [-0.2, -0.15) is 0 Å². The van der Waals surface area contributed by atoms with Gasteiger partial charge < -0.3 is 13.8 Å². The second kappa shape index (κ2) is 22.2. The molecule has 6 fully saturated rings. The molecule has 0 amide bonds. The lowest BCUT2D eigenvalue weighted by atomic mass is 9.84. The van der Waals surface area contributed by atoms with E-state index in [1.165, 1.54) is 99.9 Å². The Balaban J connectivity index is 0.812. The van der Waals surface area contributed by atoms with Crippen molar-refractivity contribution in [1.29, 1.82) is 0 Å². The molecule has 0 saturated heterocycles. The van der Waals surface area contributed by atoms with Gasteiger partial charge in [0.05, 0.1) is 10.6 Å². The number of ether oxygens (including phenoxy) is 1. The molecule has 0 heterocycles. The predicted molar refractivity (Wildman–Crippen MR) is 331 cm³/mol. The fraction of sp³-hybridized carbons (Fsp3) is 0.347. The van der Waals surface area contributed by atoms with E-state index in [1.807, 2.05) is 78.9 Å². The van der Waals surface area contributed by atoms with E-state index in [9.17, 15) is 27.5 Å². The number of carbonyl (C=O) groups is 3. The smallest absolute Gasteiger partial charge is 0.193 e. The molecule has 10 heteroatoms. The molecule has 7 nitrogen and oxygen atoms in total. The van der Waals surface area contributed by atoms with Crippen molar-refractivity contribution in [2.75, 3.05) is 5.75 Å². The first-order valence-electron chi connectivity index (χ1n) is 31.1. The van der Waals surface area contributed by atoms with Crippen LogP contribution in [0.25, 0.3) is 33.0 Å². The fourth-order valence-electron chi connectivity index (χ4n) is 16.7. The number of benzene rings is 8. The largest absolute Gasteiger partial charge is 0.457 e. The van der Waals surface area contributed by atoms with Crippen LogP contribution in [0, 0.1) is 64.9 Å². The highest BCUT2D eigenvalue weighted by molar-refractivity contribution is 8.10. The molecule has 85 heavy (non-hydrogen) atoms. The van der Waals surface area contributed by atoms with Crippen molar-refractivity contribution in [3.8, 4) is 33.8 Å². The van der Waals surface area contributed by atoms with E-state index in [2.05, 4.69) is 6.07 Å². The molecule has 0 spiro atoms. The maximum atomic E-state index is 15.5. The van der Waals surface area contributed by atoms with E-state index in [-0.39, 0.29) is 33.9 Å². The van der Waals surface area contributed by atoms with E-state index in [0.717, 1.165) is 90.3 Å². The van der Waals surface area contributed by atoms with E-state index in [0.29, 0.717) is 97.4 Å².